The molecule has 4 rings (SSSR count). The second kappa shape index (κ2) is 14.6. The molecule has 43 heavy (non-hydrogen) atoms. The lowest BCUT2D eigenvalue weighted by molar-refractivity contribution is -0.137. The number of alkyl halides is 3. The number of nitrogens with one attached hydrogen (secondary N) is 3. The van der Waals surface area contributed by atoms with E-state index < -0.39 is 46.8 Å². The van der Waals surface area contributed by atoms with Gasteiger partial charge in [-0.25, -0.2) is 8.78 Å². The Hall–Kier alpha value is -4.56. The molecule has 9 nitrogen and oxygen atoms in total. The highest BCUT2D eigenvalue weighted by atomic mass is 35.5. The third-order valence-corrected chi connectivity index (χ3v) is 6.31. The van der Waals surface area contributed by atoms with Crippen molar-refractivity contribution in [2.75, 3.05) is 25.5 Å². The molecular weight excluding hydrogens is 599 g/mol. The maximum atomic E-state index is 13.9. The number of hydrogen-bond donors (Lipinski definition) is 4. The average molecular weight is 625 g/mol. The van der Waals surface area contributed by atoms with Crippen LogP contribution >= 0.6 is 11.6 Å². The van der Waals surface area contributed by atoms with Crippen LogP contribution in [-0.2, 0) is 17.5 Å². The molecule has 0 saturated heterocycles. The van der Waals surface area contributed by atoms with Gasteiger partial charge in [0.15, 0.2) is 6.29 Å². The number of likely N-dealkylation sites (N-methyl/N-ethyl adjacent to an activating group) is 1. The highest BCUT2D eigenvalue weighted by Gasteiger charge is 2.34. The molecule has 3 aromatic rings. The number of aldehydes is 1. The maximum absolute atomic E-state index is 13.9. The first-order chi connectivity index (χ1) is 20.4. The monoisotopic (exact) mass is 624 g/mol. The van der Waals surface area contributed by atoms with E-state index in [2.05, 4.69) is 20.9 Å². The molecule has 228 valence electrons. The molecule has 1 aliphatic heterocycles. The predicted molar refractivity (Wildman–Crippen MR) is 151 cm³/mol. The number of anilines is 1. The summed E-state index contributed by atoms with van der Waals surface area (Å²) in [4.78, 5) is 40.6. The van der Waals surface area contributed by atoms with Crippen LogP contribution < -0.4 is 21.7 Å². The molecular formula is C28H26ClF5N6O3. The SMILES string of the molecule is CNCCN=C/C=C\N.O=Cc1cc(NC(=O)c2cc(F)cc(C(F)(F)F)c2)c2n1CC(=O)NC2c1cc(F)ccc1Cl. The molecule has 15 heteroatoms. The summed E-state index contributed by atoms with van der Waals surface area (Å²) in [5.41, 5.74) is 3.23. The zero-order valence-electron chi connectivity index (χ0n) is 22.5. The van der Waals surface area contributed by atoms with Crippen molar-refractivity contribution in [3.63, 3.8) is 0 Å². The van der Waals surface area contributed by atoms with Crippen LogP contribution in [0.4, 0.5) is 27.6 Å². The average Bonchev–Trinajstić information content (AvgIpc) is 3.30. The van der Waals surface area contributed by atoms with Gasteiger partial charge >= 0.3 is 6.18 Å². The zero-order chi connectivity index (χ0) is 31.7. The Morgan fingerprint density at radius 1 is 1.19 bits per heavy atom. The number of aliphatic imine (C=N–C) groups is 1. The number of nitrogens with zero attached hydrogens (tertiary/aromatic N) is 2. The quantitative estimate of drug-likeness (QED) is 0.127. The normalized spacial score (nSPS) is 14.7. The van der Waals surface area contributed by atoms with Crippen molar-refractivity contribution in [2.45, 2.75) is 18.8 Å². The Balaban J connectivity index is 0.000000489. The number of nitrogens with two attached hydrogens (primary N) is 1. The van der Waals surface area contributed by atoms with E-state index in [1.54, 1.807) is 12.3 Å². The number of benzene rings is 2. The van der Waals surface area contributed by atoms with Crippen LogP contribution in [0.2, 0.25) is 5.02 Å². The van der Waals surface area contributed by atoms with E-state index in [1.165, 1.54) is 22.9 Å². The van der Waals surface area contributed by atoms with Crippen molar-refractivity contribution in [3.05, 3.63) is 99.5 Å². The van der Waals surface area contributed by atoms with Gasteiger partial charge in [-0.15, -0.1) is 0 Å². The summed E-state index contributed by atoms with van der Waals surface area (Å²) in [6, 6.07) is 4.85. The third kappa shape index (κ3) is 8.49. The Bertz CT molecular complexity index is 1550. The number of hydrogen-bond acceptors (Lipinski definition) is 6. The third-order valence-electron chi connectivity index (χ3n) is 5.97. The molecule has 0 aliphatic carbocycles. The minimum atomic E-state index is -4.89. The maximum Gasteiger partial charge on any atom is 0.416 e. The van der Waals surface area contributed by atoms with E-state index in [1.807, 2.05) is 7.05 Å². The summed E-state index contributed by atoms with van der Waals surface area (Å²) in [6.07, 6.45) is 0.377. The van der Waals surface area contributed by atoms with Crippen molar-refractivity contribution in [2.24, 2.45) is 10.7 Å². The van der Waals surface area contributed by atoms with E-state index in [0.29, 0.717) is 18.4 Å². The predicted octanol–water partition coefficient (Wildman–Crippen LogP) is 4.47. The molecule has 5 N–H and O–H groups in total. The van der Waals surface area contributed by atoms with Gasteiger partial charge in [0.2, 0.25) is 5.91 Å². The zero-order valence-corrected chi connectivity index (χ0v) is 23.3. The smallest absolute Gasteiger partial charge is 0.405 e. The van der Waals surface area contributed by atoms with Crippen molar-refractivity contribution in [1.29, 1.82) is 0 Å². The van der Waals surface area contributed by atoms with Gasteiger partial charge in [0.25, 0.3) is 5.91 Å². The molecule has 2 amide bonds. The van der Waals surface area contributed by atoms with Gasteiger partial charge in [-0.2, -0.15) is 13.2 Å². The number of allylic oxidation sites excluding steroid dienone is 1. The highest BCUT2D eigenvalue weighted by molar-refractivity contribution is 6.31. The fourth-order valence-corrected chi connectivity index (χ4v) is 4.32. The minimum absolute atomic E-state index is 0.0344. The summed E-state index contributed by atoms with van der Waals surface area (Å²) in [5, 5.41) is 8.00. The summed E-state index contributed by atoms with van der Waals surface area (Å²) in [5.74, 6) is -3.58. The molecule has 0 fully saturated rings. The topological polar surface area (TPSA) is 131 Å². The highest BCUT2D eigenvalue weighted by Crippen LogP contribution is 2.37. The van der Waals surface area contributed by atoms with Crippen molar-refractivity contribution in [1.82, 2.24) is 15.2 Å². The molecule has 0 saturated carbocycles. The van der Waals surface area contributed by atoms with E-state index in [4.69, 9.17) is 17.3 Å². The van der Waals surface area contributed by atoms with Gasteiger partial charge in [0, 0.05) is 28.9 Å². The molecule has 1 aliphatic rings. The Morgan fingerprint density at radius 2 is 1.93 bits per heavy atom. The number of halogens is 6. The molecule has 1 aromatic heterocycles. The molecule has 0 bridgehead atoms. The van der Waals surface area contributed by atoms with Gasteiger partial charge in [0.1, 0.15) is 18.2 Å². The van der Waals surface area contributed by atoms with Crippen LogP contribution in [0.1, 0.15) is 43.7 Å². The number of carbonyl (C=O) groups is 3. The van der Waals surface area contributed by atoms with Gasteiger partial charge in [-0.3, -0.25) is 19.4 Å². The second-order valence-electron chi connectivity index (χ2n) is 8.96. The number of rotatable bonds is 8. The van der Waals surface area contributed by atoms with Crippen LogP contribution in [0.15, 0.2) is 59.7 Å². The summed E-state index contributed by atoms with van der Waals surface area (Å²) >= 11 is 6.18. The molecule has 2 aromatic carbocycles. The lowest BCUT2D eigenvalue weighted by Gasteiger charge is -2.28. The Morgan fingerprint density at radius 3 is 2.58 bits per heavy atom. The summed E-state index contributed by atoms with van der Waals surface area (Å²) in [7, 11) is 1.90. The van der Waals surface area contributed by atoms with Gasteiger partial charge < -0.3 is 26.3 Å². The van der Waals surface area contributed by atoms with Crippen molar-refractivity contribution >= 4 is 41.6 Å². The van der Waals surface area contributed by atoms with Crippen molar-refractivity contribution < 1.29 is 36.3 Å². The standard InChI is InChI=1S/C22H13ClF5N3O3.C6H13N3/c23-16-2-1-12(24)6-15(16)19-20-17(7-14(9-32)31(20)8-18(33)30-19)29-21(34)10-3-11(22(26,27)28)5-13(25)4-10;1-8-5-6-9-4-2-3-7/h1-7,9,19H,8H2,(H,29,34)(H,30,33);2-4,8H,5-7H2,1H3/b;3-2-,9-4?. The Kier molecular flexibility index (Phi) is 11.2. The first-order valence-electron chi connectivity index (χ1n) is 12.5. The van der Waals surface area contributed by atoms with Crippen LogP contribution in [-0.4, -0.2) is 49.0 Å². The first-order valence-corrected chi connectivity index (χ1v) is 12.9. The summed E-state index contributed by atoms with van der Waals surface area (Å²) < 4.78 is 68.1. The number of carbonyl (C=O) groups excluding carboxylic acids is 3. The number of amides is 2. The fourth-order valence-electron chi connectivity index (χ4n) is 4.09. The van der Waals surface area contributed by atoms with Crippen LogP contribution in [0, 0.1) is 11.6 Å². The van der Waals surface area contributed by atoms with Gasteiger partial charge in [0.05, 0.1) is 35.2 Å². The fraction of sp³-hybridized carbons (Fsp3) is 0.214. The minimum Gasteiger partial charge on any atom is -0.405 e. The van der Waals surface area contributed by atoms with E-state index in [0.717, 1.165) is 25.2 Å². The molecule has 2 heterocycles. The van der Waals surface area contributed by atoms with Crippen LogP contribution in [0.5, 0.6) is 0 Å². The largest absolute Gasteiger partial charge is 0.416 e. The first kappa shape index (κ1) is 32.9. The number of fused-ring (bicyclic) bond motifs is 1. The molecule has 0 radical (unpaired) electrons. The van der Waals surface area contributed by atoms with Crippen molar-refractivity contribution in [3.8, 4) is 0 Å². The molecule has 0 spiro atoms. The van der Waals surface area contributed by atoms with E-state index in [-0.39, 0.29) is 40.3 Å². The molecule has 1 atom stereocenters. The van der Waals surface area contributed by atoms with Gasteiger partial charge in [-0.1, -0.05) is 11.6 Å². The van der Waals surface area contributed by atoms with Crippen LogP contribution in [0.25, 0.3) is 0 Å². The van der Waals surface area contributed by atoms with Gasteiger partial charge in [-0.05, 0) is 61.8 Å². The van der Waals surface area contributed by atoms with Crippen LogP contribution in [0.3, 0.4) is 0 Å². The number of aromatic nitrogens is 1. The van der Waals surface area contributed by atoms with E-state index in [9.17, 15) is 36.3 Å². The molecule has 1 unspecified atom stereocenters. The second-order valence-corrected chi connectivity index (χ2v) is 9.37. The summed E-state index contributed by atoms with van der Waals surface area (Å²) in [6.45, 7) is 1.40. The lowest BCUT2D eigenvalue weighted by Crippen LogP contribution is -2.40. The lowest BCUT2D eigenvalue weighted by atomic mass is 10.0. The van der Waals surface area contributed by atoms with E-state index >= 15 is 0 Å². The Labute approximate surface area is 247 Å².